The summed E-state index contributed by atoms with van der Waals surface area (Å²) < 4.78 is 35.8. The predicted molar refractivity (Wildman–Crippen MR) is 157 cm³/mol. The van der Waals surface area contributed by atoms with Gasteiger partial charge in [-0.15, -0.1) is 0 Å². The van der Waals surface area contributed by atoms with Crippen molar-refractivity contribution in [3.8, 4) is 0 Å². The summed E-state index contributed by atoms with van der Waals surface area (Å²) in [5.74, 6) is 0.239. The van der Waals surface area contributed by atoms with E-state index in [9.17, 15) is 8.42 Å². The van der Waals surface area contributed by atoms with E-state index >= 15 is 0 Å². The highest BCUT2D eigenvalue weighted by Gasteiger charge is 2.13. The lowest BCUT2D eigenvalue weighted by Gasteiger charge is -2.16. The molecule has 0 radical (unpaired) electrons. The lowest BCUT2D eigenvalue weighted by molar-refractivity contribution is 0.204. The lowest BCUT2D eigenvalue weighted by Crippen LogP contribution is -2.14. The highest BCUT2D eigenvalue weighted by Crippen LogP contribution is 2.21. The summed E-state index contributed by atoms with van der Waals surface area (Å²) in [6.07, 6.45) is 35.4. The molecule has 1 N–H and O–H groups in total. The Morgan fingerprint density at radius 3 is 0.972 bits per heavy atom. The van der Waals surface area contributed by atoms with Gasteiger partial charge in [0.05, 0.1) is 6.61 Å². The lowest BCUT2D eigenvalue weighted by atomic mass is 9.94. The second kappa shape index (κ2) is 27.9. The van der Waals surface area contributed by atoms with Crippen molar-refractivity contribution in [2.75, 3.05) is 6.61 Å². The fraction of sp³-hybridized carbons (Fsp3) is 1.00. The van der Waals surface area contributed by atoms with Crippen molar-refractivity contribution >= 4 is 10.4 Å². The Morgan fingerprint density at radius 1 is 0.472 bits per heavy atom. The van der Waals surface area contributed by atoms with Crippen molar-refractivity contribution in [1.29, 1.82) is 0 Å². The number of hydrogen-bond donors (Lipinski definition) is 1. The second-order valence-corrected chi connectivity index (χ2v) is 12.4. The molecule has 0 amide bonds. The molecule has 0 aromatic heterocycles. The molecular weight excluding hydrogens is 468 g/mol. The van der Waals surface area contributed by atoms with Crippen molar-refractivity contribution in [3.63, 3.8) is 0 Å². The monoisotopic (exact) mass is 532 g/mol. The summed E-state index contributed by atoms with van der Waals surface area (Å²) in [6, 6.07) is 0. The van der Waals surface area contributed by atoms with Crippen LogP contribution in [-0.2, 0) is 14.6 Å². The van der Waals surface area contributed by atoms with E-state index in [-0.39, 0.29) is 12.5 Å². The smallest absolute Gasteiger partial charge is 0.264 e. The minimum Gasteiger partial charge on any atom is -0.264 e. The molecule has 4 nitrogen and oxygen atoms in total. The van der Waals surface area contributed by atoms with Crippen molar-refractivity contribution < 1.29 is 17.2 Å². The Morgan fingerprint density at radius 2 is 0.722 bits per heavy atom. The minimum absolute atomic E-state index is 0.134. The molecule has 0 aromatic rings. The van der Waals surface area contributed by atoms with Gasteiger partial charge >= 0.3 is 10.4 Å². The summed E-state index contributed by atoms with van der Waals surface area (Å²) in [5, 5.41) is 0. The number of hydrogen-bond acceptors (Lipinski definition) is 3. The van der Waals surface area contributed by atoms with E-state index in [1.54, 1.807) is 0 Å². The van der Waals surface area contributed by atoms with E-state index in [4.69, 9.17) is 8.74 Å². The molecular formula is C31H64O4S. The van der Waals surface area contributed by atoms with Gasteiger partial charge in [-0.1, -0.05) is 174 Å². The van der Waals surface area contributed by atoms with E-state index in [0.717, 1.165) is 25.7 Å². The van der Waals surface area contributed by atoms with E-state index in [1.807, 2.05) is 0 Å². The molecule has 0 aromatic carbocycles. The normalized spacial score (nSPS) is 12.9. The first-order valence-electron chi connectivity index (χ1n) is 16.1. The molecule has 0 bridgehead atoms. The van der Waals surface area contributed by atoms with Crippen molar-refractivity contribution in [2.45, 2.75) is 187 Å². The summed E-state index contributed by atoms with van der Waals surface area (Å²) >= 11 is 0. The molecule has 1 atom stereocenters. The summed E-state index contributed by atoms with van der Waals surface area (Å²) in [7, 11) is -4.33. The SMILES string of the molecule is CCCCCCCCCCCCCCCCCC(CCCCCCCCCCCC)COS(=O)(=O)O. The zero-order valence-electron chi connectivity index (χ0n) is 24.5. The molecule has 0 spiro atoms. The third-order valence-electron chi connectivity index (χ3n) is 7.63. The van der Waals surface area contributed by atoms with Gasteiger partial charge in [0.1, 0.15) is 0 Å². The number of unbranched alkanes of at least 4 members (excludes halogenated alkanes) is 23. The van der Waals surface area contributed by atoms with Crippen LogP contribution in [0.1, 0.15) is 187 Å². The average molecular weight is 533 g/mol. The van der Waals surface area contributed by atoms with Gasteiger partial charge in [-0.3, -0.25) is 4.55 Å². The zero-order valence-corrected chi connectivity index (χ0v) is 25.3. The fourth-order valence-electron chi connectivity index (χ4n) is 5.22. The predicted octanol–water partition coefficient (Wildman–Crippen LogP) is 11.0. The van der Waals surface area contributed by atoms with Crippen LogP contribution in [0.3, 0.4) is 0 Å². The van der Waals surface area contributed by atoms with E-state index in [0.29, 0.717) is 0 Å². The summed E-state index contributed by atoms with van der Waals surface area (Å²) in [6.45, 7) is 4.67. The first-order chi connectivity index (χ1) is 17.5. The van der Waals surface area contributed by atoms with Gasteiger partial charge in [-0.2, -0.15) is 8.42 Å². The molecule has 0 aliphatic heterocycles. The molecule has 0 rings (SSSR count). The quantitative estimate of drug-likeness (QED) is 0.0738. The van der Waals surface area contributed by atoms with Crippen LogP contribution in [0.5, 0.6) is 0 Å². The Balaban J connectivity index is 3.69. The molecule has 0 fully saturated rings. The third-order valence-corrected chi connectivity index (χ3v) is 8.07. The van der Waals surface area contributed by atoms with Gasteiger partial charge in [-0.25, -0.2) is 4.18 Å². The highest BCUT2D eigenvalue weighted by atomic mass is 32.3. The fourth-order valence-corrected chi connectivity index (χ4v) is 5.58. The van der Waals surface area contributed by atoms with Gasteiger partial charge in [0.2, 0.25) is 0 Å². The maximum Gasteiger partial charge on any atom is 0.397 e. The van der Waals surface area contributed by atoms with E-state index < -0.39 is 10.4 Å². The first-order valence-corrected chi connectivity index (χ1v) is 17.5. The zero-order chi connectivity index (χ0) is 26.6. The molecule has 0 aliphatic rings. The Labute approximate surface area is 227 Å². The van der Waals surface area contributed by atoms with Gasteiger partial charge in [0.15, 0.2) is 0 Å². The van der Waals surface area contributed by atoms with Crippen molar-refractivity contribution in [2.24, 2.45) is 5.92 Å². The van der Waals surface area contributed by atoms with Crippen LogP contribution in [-0.4, -0.2) is 19.6 Å². The molecule has 1 unspecified atom stereocenters. The molecule has 0 aliphatic carbocycles. The largest absolute Gasteiger partial charge is 0.397 e. The second-order valence-electron chi connectivity index (χ2n) is 11.3. The Hall–Kier alpha value is -0.130. The van der Waals surface area contributed by atoms with Gasteiger partial charge in [-0.05, 0) is 18.8 Å². The summed E-state index contributed by atoms with van der Waals surface area (Å²) in [4.78, 5) is 0. The van der Waals surface area contributed by atoms with Crippen molar-refractivity contribution in [1.82, 2.24) is 0 Å². The Bertz CT molecular complexity index is 521. The van der Waals surface area contributed by atoms with Gasteiger partial charge in [0, 0.05) is 0 Å². The molecule has 0 saturated carbocycles. The molecule has 0 saturated heterocycles. The van der Waals surface area contributed by atoms with Crippen LogP contribution in [0.15, 0.2) is 0 Å². The maximum absolute atomic E-state index is 11.0. The standard InChI is InChI=1S/C31H64O4S/c1-3-5-7-9-11-13-15-16-17-18-19-21-23-25-27-29-31(30-35-36(32,33)34)28-26-24-22-20-14-12-10-8-6-4-2/h31H,3-30H2,1-2H3,(H,32,33,34). The number of rotatable bonds is 30. The Kier molecular flexibility index (Phi) is 27.8. The van der Waals surface area contributed by atoms with Crippen molar-refractivity contribution in [3.05, 3.63) is 0 Å². The van der Waals surface area contributed by atoms with Crippen LogP contribution in [0, 0.1) is 5.92 Å². The topological polar surface area (TPSA) is 63.6 Å². The third kappa shape index (κ3) is 30.1. The molecule has 0 heterocycles. The molecule has 218 valence electrons. The van der Waals surface area contributed by atoms with Crippen LogP contribution >= 0.6 is 0 Å². The molecule has 36 heavy (non-hydrogen) atoms. The van der Waals surface area contributed by atoms with Crippen LogP contribution in [0.2, 0.25) is 0 Å². The van der Waals surface area contributed by atoms with Gasteiger partial charge in [0.25, 0.3) is 0 Å². The summed E-state index contributed by atoms with van der Waals surface area (Å²) in [5.41, 5.74) is 0. The maximum atomic E-state index is 11.0. The van der Waals surface area contributed by atoms with Gasteiger partial charge < -0.3 is 0 Å². The van der Waals surface area contributed by atoms with E-state index in [1.165, 1.54) is 148 Å². The minimum atomic E-state index is -4.33. The first kappa shape index (κ1) is 35.9. The van der Waals surface area contributed by atoms with Crippen LogP contribution in [0.25, 0.3) is 0 Å². The van der Waals surface area contributed by atoms with E-state index in [2.05, 4.69) is 13.8 Å². The van der Waals surface area contributed by atoms with Crippen LogP contribution in [0.4, 0.5) is 0 Å². The molecule has 5 heteroatoms. The highest BCUT2D eigenvalue weighted by molar-refractivity contribution is 7.80. The average Bonchev–Trinajstić information content (AvgIpc) is 2.84. The van der Waals surface area contributed by atoms with Crippen LogP contribution < -0.4 is 0 Å².